The topological polar surface area (TPSA) is 114 Å². The summed E-state index contributed by atoms with van der Waals surface area (Å²) < 4.78 is 37.6. The number of hydrogen-bond donors (Lipinski definition) is 2. The molecule has 2 aromatic rings. The number of carbonyl (C=O) groups excluding carboxylic acids is 1. The van der Waals surface area contributed by atoms with E-state index in [1.165, 1.54) is 35.9 Å². The number of rotatable bonds is 4. The van der Waals surface area contributed by atoms with Crippen molar-refractivity contribution in [2.24, 2.45) is 0 Å². The number of halogens is 1. The van der Waals surface area contributed by atoms with E-state index in [1.54, 1.807) is 0 Å². The van der Waals surface area contributed by atoms with Crippen LogP contribution in [0.25, 0.3) is 5.69 Å². The van der Waals surface area contributed by atoms with Crippen molar-refractivity contribution in [2.45, 2.75) is 19.1 Å². The molecule has 2 atom stereocenters. The van der Waals surface area contributed by atoms with Gasteiger partial charge in [-0.15, -0.1) is 5.10 Å². The van der Waals surface area contributed by atoms with Crippen molar-refractivity contribution in [2.75, 3.05) is 16.8 Å². The average molecular weight is 354 g/mol. The molecule has 0 bridgehead atoms. The summed E-state index contributed by atoms with van der Waals surface area (Å²) in [6.07, 6.45) is -1.11. The number of nitrogens with zero attached hydrogens (tertiary/aromatic N) is 3. The minimum absolute atomic E-state index is 0.0100. The summed E-state index contributed by atoms with van der Waals surface area (Å²) in [4.78, 5) is 11.8. The van der Waals surface area contributed by atoms with Crippen LogP contribution in [0.3, 0.4) is 0 Å². The van der Waals surface area contributed by atoms with Crippen molar-refractivity contribution >= 4 is 21.4 Å². The molecule has 1 aliphatic heterocycles. The predicted molar refractivity (Wildman–Crippen MR) is 83.4 cm³/mol. The highest BCUT2D eigenvalue weighted by Gasteiger charge is 2.37. The number of aromatic nitrogens is 3. The molecule has 1 aromatic heterocycles. The molecule has 1 aromatic carbocycles. The maximum absolute atomic E-state index is 13.1. The van der Waals surface area contributed by atoms with Crippen molar-refractivity contribution < 1.29 is 22.7 Å². The number of hydrogen-bond acceptors (Lipinski definition) is 7. The number of sulfone groups is 1. The molecule has 2 N–H and O–H groups in total. The lowest BCUT2D eigenvalue weighted by molar-refractivity contribution is 0.101. The van der Waals surface area contributed by atoms with Crippen LogP contribution in [0.15, 0.2) is 24.3 Å². The van der Waals surface area contributed by atoms with Gasteiger partial charge in [0.2, 0.25) is 0 Å². The SMILES string of the molecule is CC(=O)c1nnn(-c2ccc(F)cc2)c1NC1CS(=O)(=O)CC1O. The van der Waals surface area contributed by atoms with Crippen molar-refractivity contribution in [3.8, 4) is 5.69 Å². The number of ketones is 1. The Bertz CT molecular complexity index is 879. The van der Waals surface area contributed by atoms with Crippen LogP contribution < -0.4 is 5.32 Å². The van der Waals surface area contributed by atoms with Crippen LogP contribution in [0.5, 0.6) is 0 Å². The highest BCUT2D eigenvalue weighted by atomic mass is 32.2. The summed E-state index contributed by atoms with van der Waals surface area (Å²) in [7, 11) is -3.36. The maximum Gasteiger partial charge on any atom is 0.183 e. The standard InChI is InChI=1S/C14H15FN4O4S/c1-8(20)13-14(16-11-6-24(22,23)7-12(11)21)19(18-17-13)10-4-2-9(15)3-5-10/h2-5,11-12,16,21H,6-7H2,1H3. The summed E-state index contributed by atoms with van der Waals surface area (Å²) >= 11 is 0. The molecule has 24 heavy (non-hydrogen) atoms. The maximum atomic E-state index is 13.1. The molecule has 3 rings (SSSR count). The van der Waals surface area contributed by atoms with Gasteiger partial charge >= 0.3 is 0 Å². The fraction of sp³-hybridized carbons (Fsp3) is 0.357. The van der Waals surface area contributed by atoms with Gasteiger partial charge in [0, 0.05) is 6.92 Å². The van der Waals surface area contributed by atoms with Crippen molar-refractivity contribution in [1.29, 1.82) is 0 Å². The first-order chi connectivity index (χ1) is 11.3. The van der Waals surface area contributed by atoms with Gasteiger partial charge in [-0.25, -0.2) is 12.8 Å². The van der Waals surface area contributed by atoms with E-state index in [1.807, 2.05) is 0 Å². The molecular weight excluding hydrogens is 339 g/mol. The van der Waals surface area contributed by atoms with Crippen LogP contribution in [-0.2, 0) is 9.84 Å². The fourth-order valence-corrected chi connectivity index (χ4v) is 4.30. The van der Waals surface area contributed by atoms with Crippen LogP contribution >= 0.6 is 0 Å². The van der Waals surface area contributed by atoms with E-state index >= 15 is 0 Å². The zero-order valence-electron chi connectivity index (χ0n) is 12.7. The quantitative estimate of drug-likeness (QED) is 0.753. The lowest BCUT2D eigenvalue weighted by Crippen LogP contribution is -2.33. The molecule has 2 unspecified atom stereocenters. The molecule has 0 aliphatic carbocycles. The average Bonchev–Trinajstić information content (AvgIpc) is 3.01. The highest BCUT2D eigenvalue weighted by molar-refractivity contribution is 7.91. The number of anilines is 1. The van der Waals surface area contributed by atoms with Crippen LogP contribution in [0.4, 0.5) is 10.2 Å². The van der Waals surface area contributed by atoms with E-state index in [2.05, 4.69) is 15.6 Å². The van der Waals surface area contributed by atoms with Crippen molar-refractivity contribution in [3.63, 3.8) is 0 Å². The Kier molecular flexibility index (Phi) is 4.10. The van der Waals surface area contributed by atoms with Gasteiger partial charge in [-0.05, 0) is 24.3 Å². The third kappa shape index (κ3) is 3.15. The van der Waals surface area contributed by atoms with Gasteiger partial charge in [-0.3, -0.25) is 4.79 Å². The highest BCUT2D eigenvalue weighted by Crippen LogP contribution is 2.23. The Balaban J connectivity index is 2.00. The molecule has 0 spiro atoms. The third-order valence-corrected chi connectivity index (χ3v) is 5.44. The van der Waals surface area contributed by atoms with Gasteiger partial charge in [0.25, 0.3) is 0 Å². The molecule has 0 radical (unpaired) electrons. The van der Waals surface area contributed by atoms with E-state index in [-0.39, 0.29) is 28.8 Å². The number of aliphatic hydroxyl groups excluding tert-OH is 1. The number of benzene rings is 1. The molecule has 1 fully saturated rings. The van der Waals surface area contributed by atoms with E-state index in [4.69, 9.17) is 0 Å². The second-order valence-electron chi connectivity index (χ2n) is 5.63. The number of Topliss-reactive ketones (excluding diaryl/α,β-unsaturated/α-hetero) is 1. The fourth-order valence-electron chi connectivity index (χ4n) is 2.55. The van der Waals surface area contributed by atoms with E-state index < -0.39 is 27.8 Å². The molecule has 8 nitrogen and oxygen atoms in total. The summed E-state index contributed by atoms with van der Waals surface area (Å²) in [6, 6.07) is 4.56. The van der Waals surface area contributed by atoms with E-state index in [0.717, 1.165) is 0 Å². The molecule has 2 heterocycles. The van der Waals surface area contributed by atoms with Crippen LogP contribution in [0.2, 0.25) is 0 Å². The third-order valence-electron chi connectivity index (χ3n) is 3.72. The Hall–Kier alpha value is -2.33. The minimum atomic E-state index is -3.36. The summed E-state index contributed by atoms with van der Waals surface area (Å²) in [5.74, 6) is -1.26. The van der Waals surface area contributed by atoms with Gasteiger partial charge in [-0.1, -0.05) is 5.21 Å². The van der Waals surface area contributed by atoms with Crippen LogP contribution in [0.1, 0.15) is 17.4 Å². The summed E-state index contributed by atoms with van der Waals surface area (Å²) in [5.41, 5.74) is 0.449. The first-order valence-electron chi connectivity index (χ1n) is 7.14. The number of aliphatic hydroxyl groups is 1. The van der Waals surface area contributed by atoms with Gasteiger partial charge in [0.1, 0.15) is 5.82 Å². The monoisotopic (exact) mass is 354 g/mol. The summed E-state index contributed by atoms with van der Waals surface area (Å²) in [6.45, 7) is 1.30. The van der Waals surface area contributed by atoms with Crippen LogP contribution in [0, 0.1) is 5.82 Å². The lowest BCUT2D eigenvalue weighted by Gasteiger charge is -2.17. The first kappa shape index (κ1) is 16.5. The Morgan fingerprint density at radius 1 is 1.33 bits per heavy atom. The number of nitrogens with one attached hydrogen (secondary N) is 1. The smallest absolute Gasteiger partial charge is 0.183 e. The van der Waals surface area contributed by atoms with E-state index in [0.29, 0.717) is 5.69 Å². The van der Waals surface area contributed by atoms with Gasteiger partial charge < -0.3 is 10.4 Å². The Labute approximate surface area is 137 Å². The molecular formula is C14H15FN4O4S. The molecule has 10 heteroatoms. The van der Waals surface area contributed by atoms with Gasteiger partial charge in [0.15, 0.2) is 27.1 Å². The van der Waals surface area contributed by atoms with Gasteiger partial charge in [0.05, 0.1) is 29.3 Å². The molecule has 0 amide bonds. The first-order valence-corrected chi connectivity index (χ1v) is 8.96. The van der Waals surface area contributed by atoms with Crippen molar-refractivity contribution in [1.82, 2.24) is 15.0 Å². The summed E-state index contributed by atoms with van der Waals surface area (Å²) in [5, 5.41) is 20.4. The van der Waals surface area contributed by atoms with E-state index in [9.17, 15) is 22.7 Å². The normalized spacial score (nSPS) is 22.5. The second-order valence-corrected chi connectivity index (χ2v) is 7.78. The predicted octanol–water partition coefficient (Wildman–Crippen LogP) is 0.179. The Morgan fingerprint density at radius 3 is 2.54 bits per heavy atom. The van der Waals surface area contributed by atoms with Crippen LogP contribution in [-0.4, -0.2) is 58.0 Å². The zero-order chi connectivity index (χ0) is 17.5. The minimum Gasteiger partial charge on any atom is -0.390 e. The largest absolute Gasteiger partial charge is 0.390 e. The molecule has 128 valence electrons. The van der Waals surface area contributed by atoms with Gasteiger partial charge in [-0.2, -0.15) is 4.68 Å². The molecule has 1 aliphatic rings. The second kappa shape index (κ2) is 5.95. The Morgan fingerprint density at radius 2 is 2.00 bits per heavy atom. The zero-order valence-corrected chi connectivity index (χ0v) is 13.5. The molecule has 1 saturated heterocycles. The van der Waals surface area contributed by atoms with Crippen molar-refractivity contribution in [3.05, 3.63) is 35.8 Å². The lowest BCUT2D eigenvalue weighted by atomic mass is 10.2. The molecule has 0 saturated carbocycles. The number of carbonyl (C=O) groups is 1.